The van der Waals surface area contributed by atoms with Crippen LogP contribution in [0.5, 0.6) is 0 Å². The quantitative estimate of drug-likeness (QED) is 0.510. The fraction of sp³-hybridized carbons (Fsp3) is 0.0500. The third-order valence-electron chi connectivity index (χ3n) is 4.01. The Hall–Kier alpha value is -3.65. The molecule has 0 fully saturated rings. The zero-order valence-corrected chi connectivity index (χ0v) is 15.6. The van der Waals surface area contributed by atoms with Crippen LogP contribution in [-0.4, -0.2) is 16.8 Å². The molecule has 140 valence electrons. The number of thiazole rings is 1. The van der Waals surface area contributed by atoms with Gasteiger partial charge in [0, 0.05) is 5.56 Å². The molecule has 3 heterocycles. The van der Waals surface area contributed by atoms with E-state index < -0.39 is 11.8 Å². The fourth-order valence-electron chi connectivity index (χ4n) is 2.63. The summed E-state index contributed by atoms with van der Waals surface area (Å²) in [6.07, 6.45) is 2.96. The summed E-state index contributed by atoms with van der Waals surface area (Å²) in [6, 6.07) is 14.4. The molecule has 28 heavy (non-hydrogen) atoms. The van der Waals surface area contributed by atoms with E-state index in [0.717, 1.165) is 5.56 Å². The second kappa shape index (κ2) is 7.53. The monoisotopic (exact) mass is 393 g/mol. The van der Waals surface area contributed by atoms with Crippen LogP contribution in [0, 0.1) is 6.92 Å². The molecule has 7 nitrogen and oxygen atoms in total. The van der Waals surface area contributed by atoms with Crippen molar-refractivity contribution in [2.24, 2.45) is 0 Å². The summed E-state index contributed by atoms with van der Waals surface area (Å²) in [6.45, 7) is 1.67. The Bertz CT molecular complexity index is 1110. The first kappa shape index (κ1) is 17.7. The molecule has 0 bridgehead atoms. The van der Waals surface area contributed by atoms with Gasteiger partial charge in [0.05, 0.1) is 23.8 Å². The summed E-state index contributed by atoms with van der Waals surface area (Å²) in [4.78, 5) is 29.9. The number of hydrogen-bond donors (Lipinski definition) is 2. The predicted molar refractivity (Wildman–Crippen MR) is 104 cm³/mol. The summed E-state index contributed by atoms with van der Waals surface area (Å²) < 4.78 is 10.5. The van der Waals surface area contributed by atoms with Crippen LogP contribution in [0.1, 0.15) is 25.8 Å². The number of aryl methyl sites for hydroxylation is 1. The van der Waals surface area contributed by atoms with Gasteiger partial charge in [-0.1, -0.05) is 30.3 Å². The highest BCUT2D eigenvalue weighted by molar-refractivity contribution is 7.17. The molecular weight excluding hydrogens is 378 g/mol. The van der Waals surface area contributed by atoms with Crippen molar-refractivity contribution in [3.63, 3.8) is 0 Å². The number of furan rings is 2. The molecule has 0 radical (unpaired) electrons. The van der Waals surface area contributed by atoms with E-state index in [1.54, 1.807) is 25.3 Å². The number of hydrogen-bond acceptors (Lipinski definition) is 6. The Morgan fingerprint density at radius 2 is 1.71 bits per heavy atom. The van der Waals surface area contributed by atoms with Gasteiger partial charge in [0.2, 0.25) is 0 Å². The van der Waals surface area contributed by atoms with Gasteiger partial charge in [0.25, 0.3) is 11.8 Å². The van der Waals surface area contributed by atoms with Crippen molar-refractivity contribution < 1.29 is 18.4 Å². The van der Waals surface area contributed by atoms with Crippen LogP contribution in [0.2, 0.25) is 0 Å². The largest absolute Gasteiger partial charge is 0.469 e. The number of hydrazine groups is 1. The number of nitrogens with one attached hydrogen (secondary N) is 2. The molecule has 0 saturated heterocycles. The lowest BCUT2D eigenvalue weighted by Crippen LogP contribution is -2.41. The van der Waals surface area contributed by atoms with Crippen molar-refractivity contribution in [3.8, 4) is 22.0 Å². The Kier molecular flexibility index (Phi) is 4.77. The van der Waals surface area contributed by atoms with Gasteiger partial charge < -0.3 is 8.83 Å². The molecule has 8 heteroatoms. The lowest BCUT2D eigenvalue weighted by molar-refractivity contribution is 0.0848. The molecule has 0 atom stereocenters. The molecule has 0 aliphatic heterocycles. The molecule has 0 spiro atoms. The summed E-state index contributed by atoms with van der Waals surface area (Å²) >= 11 is 1.19. The topological polar surface area (TPSA) is 97.4 Å². The number of amides is 2. The number of rotatable bonds is 4. The molecule has 0 saturated carbocycles. The smallest absolute Gasteiger partial charge is 0.282 e. The lowest BCUT2D eigenvalue weighted by atomic mass is 10.1. The molecule has 4 rings (SSSR count). The molecular formula is C20H15N3O4S. The van der Waals surface area contributed by atoms with Crippen molar-refractivity contribution in [2.75, 3.05) is 0 Å². The number of nitrogens with zero attached hydrogens (tertiary/aromatic N) is 1. The Morgan fingerprint density at radius 3 is 2.39 bits per heavy atom. The highest BCUT2D eigenvalue weighted by Crippen LogP contribution is 2.34. The van der Waals surface area contributed by atoms with Gasteiger partial charge in [-0.15, -0.1) is 11.3 Å². The molecule has 3 aromatic heterocycles. The summed E-state index contributed by atoms with van der Waals surface area (Å²) in [5, 5.41) is 0.575. The van der Waals surface area contributed by atoms with Crippen LogP contribution in [0.3, 0.4) is 0 Å². The minimum absolute atomic E-state index is 0.351. The fourth-order valence-corrected chi connectivity index (χ4v) is 3.58. The Labute approximate surface area is 164 Å². The van der Waals surface area contributed by atoms with Crippen molar-refractivity contribution in [1.29, 1.82) is 0 Å². The first-order chi connectivity index (χ1) is 13.6. The van der Waals surface area contributed by atoms with Crippen LogP contribution in [0.15, 0.2) is 69.9 Å². The second-order valence-corrected chi connectivity index (χ2v) is 6.84. The Morgan fingerprint density at radius 1 is 0.929 bits per heavy atom. The van der Waals surface area contributed by atoms with Crippen LogP contribution >= 0.6 is 11.3 Å². The summed E-state index contributed by atoms with van der Waals surface area (Å²) in [5.41, 5.74) is 6.50. The number of carbonyl (C=O) groups is 2. The van der Waals surface area contributed by atoms with Crippen molar-refractivity contribution >= 4 is 23.2 Å². The van der Waals surface area contributed by atoms with Gasteiger partial charge in [-0.2, -0.15) is 0 Å². The van der Waals surface area contributed by atoms with Crippen LogP contribution in [-0.2, 0) is 0 Å². The van der Waals surface area contributed by atoms with Crippen molar-refractivity contribution in [3.05, 3.63) is 77.3 Å². The Balaban J connectivity index is 1.61. The minimum Gasteiger partial charge on any atom is -0.469 e. The molecule has 0 aliphatic rings. The van der Waals surface area contributed by atoms with E-state index in [0.29, 0.717) is 32.7 Å². The maximum Gasteiger partial charge on any atom is 0.282 e. The van der Waals surface area contributed by atoms with Gasteiger partial charge in [-0.05, 0) is 25.1 Å². The summed E-state index contributed by atoms with van der Waals surface area (Å²) in [5.74, 6) is 0.106. The van der Waals surface area contributed by atoms with E-state index >= 15 is 0 Å². The number of benzene rings is 1. The van der Waals surface area contributed by atoms with Crippen LogP contribution in [0.25, 0.3) is 22.0 Å². The SMILES string of the molecule is Cc1occc1C(=O)NNC(=O)c1sc(-c2ccco2)nc1-c1ccccc1. The third-order valence-corrected chi connectivity index (χ3v) is 5.07. The van der Waals surface area contributed by atoms with Gasteiger partial charge in [0.1, 0.15) is 10.6 Å². The zero-order valence-electron chi connectivity index (χ0n) is 14.8. The van der Waals surface area contributed by atoms with E-state index in [9.17, 15) is 9.59 Å². The van der Waals surface area contributed by atoms with E-state index in [1.807, 2.05) is 30.3 Å². The number of aromatic nitrogens is 1. The van der Waals surface area contributed by atoms with E-state index in [2.05, 4.69) is 15.8 Å². The third kappa shape index (κ3) is 3.45. The van der Waals surface area contributed by atoms with Crippen molar-refractivity contribution in [2.45, 2.75) is 6.92 Å². The minimum atomic E-state index is -0.469. The molecule has 4 aromatic rings. The highest BCUT2D eigenvalue weighted by atomic mass is 32.1. The first-order valence-corrected chi connectivity index (χ1v) is 9.20. The van der Waals surface area contributed by atoms with E-state index in [-0.39, 0.29) is 0 Å². The number of carbonyl (C=O) groups excluding carboxylic acids is 2. The molecule has 0 aliphatic carbocycles. The van der Waals surface area contributed by atoms with Crippen LogP contribution in [0.4, 0.5) is 0 Å². The van der Waals surface area contributed by atoms with Crippen molar-refractivity contribution in [1.82, 2.24) is 15.8 Å². The van der Waals surface area contributed by atoms with Gasteiger partial charge in [-0.25, -0.2) is 4.98 Å². The van der Waals surface area contributed by atoms with Gasteiger partial charge >= 0.3 is 0 Å². The molecule has 2 N–H and O–H groups in total. The first-order valence-electron chi connectivity index (χ1n) is 8.38. The highest BCUT2D eigenvalue weighted by Gasteiger charge is 2.22. The van der Waals surface area contributed by atoms with Crippen LogP contribution < -0.4 is 10.9 Å². The second-order valence-electron chi connectivity index (χ2n) is 5.84. The molecule has 0 unspecified atom stereocenters. The maximum absolute atomic E-state index is 12.8. The molecule has 1 aromatic carbocycles. The average Bonchev–Trinajstić information content (AvgIpc) is 3.46. The zero-order chi connectivity index (χ0) is 19.5. The average molecular weight is 393 g/mol. The van der Waals surface area contributed by atoms with Gasteiger partial charge in [-0.3, -0.25) is 20.4 Å². The maximum atomic E-state index is 12.8. The summed E-state index contributed by atoms with van der Waals surface area (Å²) in [7, 11) is 0. The predicted octanol–water partition coefficient (Wildman–Crippen LogP) is 4.05. The van der Waals surface area contributed by atoms with E-state index in [1.165, 1.54) is 23.7 Å². The molecule has 2 amide bonds. The normalized spacial score (nSPS) is 10.6. The van der Waals surface area contributed by atoms with Gasteiger partial charge in [0.15, 0.2) is 10.8 Å². The lowest BCUT2D eigenvalue weighted by Gasteiger charge is -2.07. The standard InChI is InChI=1S/C20H15N3O4S/c1-12-14(9-11-26-12)18(24)22-23-19(25)17-16(13-6-3-2-4-7-13)21-20(28-17)15-8-5-10-27-15/h2-11H,1H3,(H,22,24)(H,23,25). The van der Waals surface area contributed by atoms with E-state index in [4.69, 9.17) is 8.83 Å².